The number of piperidine rings is 1. The van der Waals surface area contributed by atoms with Crippen molar-refractivity contribution >= 4 is 44.9 Å². The zero-order valence-electron chi connectivity index (χ0n) is 17.3. The molecule has 154 valence electrons. The topological polar surface area (TPSA) is 63.4 Å². The molecule has 6 nitrogen and oxygen atoms in total. The van der Waals surface area contributed by atoms with Gasteiger partial charge in [-0.05, 0) is 56.4 Å². The largest absolute Gasteiger partial charge is 0.342 e. The average molecular weight is 430 g/mol. The van der Waals surface area contributed by atoms with E-state index in [1.54, 1.807) is 0 Å². The molecule has 4 heterocycles. The Hall–Kier alpha value is -1.67. The van der Waals surface area contributed by atoms with Crippen LogP contribution in [0, 0.1) is 18.8 Å². The Bertz CT molecular complexity index is 1080. The van der Waals surface area contributed by atoms with Gasteiger partial charge in [-0.3, -0.25) is 9.20 Å². The SMILES string of the molecule is Cc1nc2sc3c(c2c2nnc(SCC(=O)N4CCC(C)CC4)n12)CCC(C)C3. The molecule has 0 bridgehead atoms. The van der Waals surface area contributed by atoms with Crippen LogP contribution in [0.5, 0.6) is 0 Å². The molecule has 3 aromatic rings. The second-order valence-electron chi connectivity index (χ2n) is 8.68. The molecule has 5 rings (SSSR count). The van der Waals surface area contributed by atoms with Crippen LogP contribution in [-0.4, -0.2) is 49.2 Å². The van der Waals surface area contributed by atoms with Crippen molar-refractivity contribution in [1.82, 2.24) is 24.5 Å². The van der Waals surface area contributed by atoms with Gasteiger partial charge in [0.1, 0.15) is 10.7 Å². The Kier molecular flexibility index (Phi) is 5.02. The minimum absolute atomic E-state index is 0.201. The molecular weight excluding hydrogens is 402 g/mol. The highest BCUT2D eigenvalue weighted by atomic mass is 32.2. The number of carbonyl (C=O) groups is 1. The molecule has 1 saturated heterocycles. The Labute approximate surface area is 179 Å². The molecule has 0 spiro atoms. The molecule has 0 radical (unpaired) electrons. The zero-order chi connectivity index (χ0) is 20.1. The van der Waals surface area contributed by atoms with E-state index in [1.165, 1.54) is 34.0 Å². The zero-order valence-corrected chi connectivity index (χ0v) is 18.9. The number of aromatic nitrogens is 4. The van der Waals surface area contributed by atoms with E-state index in [9.17, 15) is 4.79 Å². The third-order valence-electron chi connectivity index (χ3n) is 6.40. The number of hydrogen-bond acceptors (Lipinski definition) is 6. The van der Waals surface area contributed by atoms with E-state index in [0.29, 0.717) is 5.75 Å². The highest BCUT2D eigenvalue weighted by Gasteiger charge is 2.26. The van der Waals surface area contributed by atoms with Crippen LogP contribution in [-0.2, 0) is 17.6 Å². The van der Waals surface area contributed by atoms with Gasteiger partial charge >= 0.3 is 0 Å². The summed E-state index contributed by atoms with van der Waals surface area (Å²) < 4.78 is 2.05. The molecule has 0 N–H and O–H groups in total. The van der Waals surface area contributed by atoms with Crippen molar-refractivity contribution in [2.24, 2.45) is 11.8 Å². The number of carbonyl (C=O) groups excluding carboxylic acids is 1. The summed E-state index contributed by atoms with van der Waals surface area (Å²) in [5, 5.41) is 10.9. The molecule has 1 unspecified atom stereocenters. The molecule has 29 heavy (non-hydrogen) atoms. The molecular formula is C21H27N5OS2. The van der Waals surface area contributed by atoms with E-state index in [1.807, 2.05) is 27.6 Å². The summed E-state index contributed by atoms with van der Waals surface area (Å²) in [6.45, 7) is 8.35. The molecule has 1 atom stereocenters. The van der Waals surface area contributed by atoms with Gasteiger partial charge in [-0.2, -0.15) is 0 Å². The van der Waals surface area contributed by atoms with Gasteiger partial charge in [0.15, 0.2) is 10.8 Å². The second kappa shape index (κ2) is 7.54. The Morgan fingerprint density at radius 1 is 1.17 bits per heavy atom. The molecule has 1 amide bonds. The summed E-state index contributed by atoms with van der Waals surface area (Å²) >= 11 is 3.30. The maximum Gasteiger partial charge on any atom is 0.233 e. The molecule has 0 aromatic carbocycles. The lowest BCUT2D eigenvalue weighted by molar-refractivity contribution is -0.129. The molecule has 1 aliphatic heterocycles. The fourth-order valence-electron chi connectivity index (χ4n) is 4.54. The number of aryl methyl sites for hydroxylation is 2. The van der Waals surface area contributed by atoms with Crippen LogP contribution in [0.15, 0.2) is 5.16 Å². The van der Waals surface area contributed by atoms with Crippen molar-refractivity contribution in [3.05, 3.63) is 16.3 Å². The predicted octanol–water partition coefficient (Wildman–Crippen LogP) is 4.12. The summed E-state index contributed by atoms with van der Waals surface area (Å²) in [5.74, 6) is 2.97. The van der Waals surface area contributed by atoms with Gasteiger partial charge in [-0.1, -0.05) is 25.6 Å². The van der Waals surface area contributed by atoms with E-state index in [4.69, 9.17) is 4.98 Å². The number of nitrogens with zero attached hydrogens (tertiary/aromatic N) is 5. The van der Waals surface area contributed by atoms with Gasteiger partial charge < -0.3 is 4.90 Å². The number of thiophene rings is 1. The monoisotopic (exact) mass is 429 g/mol. The van der Waals surface area contributed by atoms with E-state index >= 15 is 0 Å². The lowest BCUT2D eigenvalue weighted by Crippen LogP contribution is -2.38. The minimum Gasteiger partial charge on any atom is -0.342 e. The molecule has 2 aliphatic rings. The molecule has 1 fully saturated rings. The fourth-order valence-corrected chi connectivity index (χ4v) is 6.84. The van der Waals surface area contributed by atoms with Crippen LogP contribution in [0.2, 0.25) is 0 Å². The smallest absolute Gasteiger partial charge is 0.233 e. The molecule has 8 heteroatoms. The molecule has 0 saturated carbocycles. The number of likely N-dealkylation sites (tertiary alicyclic amines) is 1. The van der Waals surface area contributed by atoms with Gasteiger partial charge in [0.2, 0.25) is 5.91 Å². The molecule has 3 aromatic heterocycles. The van der Waals surface area contributed by atoms with E-state index in [-0.39, 0.29) is 5.91 Å². The normalized spacial score (nSPS) is 20.5. The highest BCUT2D eigenvalue weighted by Crippen LogP contribution is 2.39. The number of rotatable bonds is 3. The number of hydrogen-bond donors (Lipinski definition) is 0. The van der Waals surface area contributed by atoms with E-state index < -0.39 is 0 Å². The first-order chi connectivity index (χ1) is 14.0. The van der Waals surface area contributed by atoms with Crippen molar-refractivity contribution in [2.45, 2.75) is 58.0 Å². The summed E-state index contributed by atoms with van der Waals surface area (Å²) in [6, 6.07) is 0. The third kappa shape index (κ3) is 3.44. The first-order valence-corrected chi connectivity index (χ1v) is 12.4. The number of fused-ring (bicyclic) bond motifs is 5. The Morgan fingerprint density at radius 3 is 2.76 bits per heavy atom. The highest BCUT2D eigenvalue weighted by molar-refractivity contribution is 7.99. The van der Waals surface area contributed by atoms with Crippen LogP contribution >= 0.6 is 23.1 Å². The maximum absolute atomic E-state index is 12.6. The van der Waals surface area contributed by atoms with E-state index in [2.05, 4.69) is 24.0 Å². The first kappa shape index (κ1) is 19.3. The van der Waals surface area contributed by atoms with Crippen LogP contribution < -0.4 is 0 Å². The second-order valence-corrected chi connectivity index (χ2v) is 10.7. The number of amides is 1. The first-order valence-electron chi connectivity index (χ1n) is 10.6. The van der Waals surface area contributed by atoms with E-state index in [0.717, 1.165) is 72.1 Å². The molecule has 1 aliphatic carbocycles. The summed E-state index contributed by atoms with van der Waals surface area (Å²) in [5.41, 5.74) is 2.32. The van der Waals surface area contributed by atoms with Gasteiger partial charge in [0, 0.05) is 18.0 Å². The fraction of sp³-hybridized carbons (Fsp3) is 0.619. The van der Waals surface area contributed by atoms with Crippen LogP contribution in [0.1, 0.15) is 49.4 Å². The summed E-state index contributed by atoms with van der Waals surface area (Å²) in [4.78, 5) is 22.1. The minimum atomic E-state index is 0.201. The van der Waals surface area contributed by atoms with Gasteiger partial charge in [0.05, 0.1) is 11.1 Å². The lowest BCUT2D eigenvalue weighted by atomic mass is 9.89. The predicted molar refractivity (Wildman–Crippen MR) is 118 cm³/mol. The van der Waals surface area contributed by atoms with Gasteiger partial charge in [-0.25, -0.2) is 4.98 Å². The Morgan fingerprint density at radius 2 is 1.97 bits per heavy atom. The Balaban J connectivity index is 1.43. The van der Waals surface area contributed by atoms with Crippen molar-refractivity contribution in [2.75, 3.05) is 18.8 Å². The van der Waals surface area contributed by atoms with Gasteiger partial charge in [-0.15, -0.1) is 21.5 Å². The van der Waals surface area contributed by atoms with Crippen LogP contribution in [0.25, 0.3) is 15.9 Å². The summed E-state index contributed by atoms with van der Waals surface area (Å²) in [6.07, 6.45) is 5.66. The standard InChI is InChI=1S/C21H27N5OS2/c1-12-6-8-25(9-7-12)17(27)11-28-21-24-23-19-18-15-5-4-13(2)10-16(15)29-20(18)22-14(3)26(19)21/h12-13H,4-11H2,1-3H3. The van der Waals surface area contributed by atoms with Crippen molar-refractivity contribution in [3.8, 4) is 0 Å². The van der Waals surface area contributed by atoms with Crippen molar-refractivity contribution < 1.29 is 4.79 Å². The van der Waals surface area contributed by atoms with Gasteiger partial charge in [0.25, 0.3) is 0 Å². The van der Waals surface area contributed by atoms with Crippen molar-refractivity contribution in [3.63, 3.8) is 0 Å². The van der Waals surface area contributed by atoms with Crippen molar-refractivity contribution in [1.29, 1.82) is 0 Å². The summed E-state index contributed by atoms with van der Waals surface area (Å²) in [7, 11) is 0. The van der Waals surface area contributed by atoms with Crippen LogP contribution in [0.3, 0.4) is 0 Å². The average Bonchev–Trinajstić information content (AvgIpc) is 3.27. The number of thioether (sulfide) groups is 1. The lowest BCUT2D eigenvalue weighted by Gasteiger charge is -2.30. The quantitative estimate of drug-likeness (QED) is 0.586. The van der Waals surface area contributed by atoms with Crippen LogP contribution in [0.4, 0.5) is 0 Å². The third-order valence-corrected chi connectivity index (χ3v) is 8.46. The maximum atomic E-state index is 12.6.